The van der Waals surface area contributed by atoms with E-state index in [1.807, 2.05) is 25.1 Å². The lowest BCUT2D eigenvalue weighted by Gasteiger charge is -2.07. The molecule has 0 unspecified atom stereocenters. The van der Waals surface area contributed by atoms with Gasteiger partial charge in [0.15, 0.2) is 0 Å². The van der Waals surface area contributed by atoms with Crippen LogP contribution in [-0.2, 0) is 6.54 Å². The molecule has 0 amide bonds. The number of anilines is 2. The van der Waals surface area contributed by atoms with Crippen molar-refractivity contribution in [3.05, 3.63) is 57.9 Å². The molecule has 2 rings (SSSR count). The van der Waals surface area contributed by atoms with Crippen LogP contribution in [0.3, 0.4) is 0 Å². The average Bonchev–Trinajstić information content (AvgIpc) is 2.36. The van der Waals surface area contributed by atoms with Crippen molar-refractivity contribution in [1.82, 2.24) is 4.98 Å². The Morgan fingerprint density at radius 1 is 1.37 bits per heavy atom. The summed E-state index contributed by atoms with van der Waals surface area (Å²) >= 11 is 0. The Labute approximate surface area is 110 Å². The number of nitro groups is 1. The van der Waals surface area contributed by atoms with Gasteiger partial charge in [-0.15, -0.1) is 0 Å². The molecule has 0 atom stereocenters. The maximum Gasteiger partial charge on any atom is 0.292 e. The largest absolute Gasteiger partial charge is 0.393 e. The van der Waals surface area contributed by atoms with Crippen LogP contribution < -0.4 is 11.1 Å². The number of nitrogens with zero attached hydrogens (tertiary/aromatic N) is 2. The van der Waals surface area contributed by atoms with E-state index in [2.05, 4.69) is 10.3 Å². The van der Waals surface area contributed by atoms with Gasteiger partial charge in [0, 0.05) is 17.4 Å². The number of nitrogens with one attached hydrogen (secondary N) is 1. The van der Waals surface area contributed by atoms with E-state index in [0.717, 1.165) is 17.1 Å². The van der Waals surface area contributed by atoms with E-state index in [0.29, 0.717) is 6.54 Å². The van der Waals surface area contributed by atoms with Crippen LogP contribution in [0.15, 0.2) is 36.4 Å². The lowest BCUT2D eigenvalue weighted by Crippen LogP contribution is -2.03. The maximum atomic E-state index is 10.6. The summed E-state index contributed by atoms with van der Waals surface area (Å²) in [6.07, 6.45) is 0. The van der Waals surface area contributed by atoms with Gasteiger partial charge in [-0.05, 0) is 31.2 Å². The fraction of sp³-hybridized carbons (Fsp3) is 0.154. The van der Waals surface area contributed by atoms with Crippen molar-refractivity contribution in [2.24, 2.45) is 0 Å². The minimum atomic E-state index is -0.499. The molecule has 0 spiro atoms. The zero-order valence-electron chi connectivity index (χ0n) is 10.5. The molecule has 0 aliphatic carbocycles. The van der Waals surface area contributed by atoms with Crippen LogP contribution in [-0.4, -0.2) is 9.91 Å². The predicted octanol–water partition coefficient (Wildman–Crippen LogP) is 2.49. The van der Waals surface area contributed by atoms with Crippen LogP contribution in [0, 0.1) is 17.0 Å². The molecule has 3 N–H and O–H groups in total. The number of nitro benzene ring substituents is 1. The first-order chi connectivity index (χ1) is 9.06. The van der Waals surface area contributed by atoms with Gasteiger partial charge in [0.2, 0.25) is 0 Å². The molecular weight excluding hydrogens is 244 g/mol. The van der Waals surface area contributed by atoms with Gasteiger partial charge in [0.1, 0.15) is 5.69 Å². The Bertz CT molecular complexity index is 613. The van der Waals surface area contributed by atoms with Crippen LogP contribution in [0.1, 0.15) is 11.4 Å². The van der Waals surface area contributed by atoms with Crippen LogP contribution in [0.4, 0.5) is 17.1 Å². The molecule has 98 valence electrons. The van der Waals surface area contributed by atoms with E-state index in [1.165, 1.54) is 6.07 Å². The summed E-state index contributed by atoms with van der Waals surface area (Å²) in [5.74, 6) is 0. The molecule has 0 aliphatic rings. The van der Waals surface area contributed by atoms with Gasteiger partial charge >= 0.3 is 0 Å². The van der Waals surface area contributed by atoms with Gasteiger partial charge in [-0.25, -0.2) is 0 Å². The van der Waals surface area contributed by atoms with E-state index in [9.17, 15) is 10.1 Å². The van der Waals surface area contributed by atoms with Crippen molar-refractivity contribution in [2.45, 2.75) is 13.5 Å². The van der Waals surface area contributed by atoms with E-state index in [4.69, 9.17) is 5.73 Å². The topological polar surface area (TPSA) is 94.1 Å². The smallest absolute Gasteiger partial charge is 0.292 e. The molecule has 0 bridgehead atoms. The number of hydrogen-bond acceptors (Lipinski definition) is 5. The van der Waals surface area contributed by atoms with E-state index < -0.39 is 4.92 Å². The summed E-state index contributed by atoms with van der Waals surface area (Å²) in [7, 11) is 0. The third-order valence-electron chi connectivity index (χ3n) is 2.64. The van der Waals surface area contributed by atoms with E-state index >= 15 is 0 Å². The molecule has 6 nitrogen and oxygen atoms in total. The normalized spacial score (nSPS) is 10.2. The fourth-order valence-electron chi connectivity index (χ4n) is 1.72. The Morgan fingerprint density at radius 3 is 2.79 bits per heavy atom. The zero-order chi connectivity index (χ0) is 13.8. The minimum Gasteiger partial charge on any atom is -0.393 e. The molecule has 1 aromatic heterocycles. The van der Waals surface area contributed by atoms with Crippen molar-refractivity contribution in [2.75, 3.05) is 11.1 Å². The third-order valence-corrected chi connectivity index (χ3v) is 2.64. The maximum absolute atomic E-state index is 10.6. The molecule has 6 heteroatoms. The van der Waals surface area contributed by atoms with E-state index in [1.54, 1.807) is 12.1 Å². The van der Waals surface area contributed by atoms with Gasteiger partial charge in [0.05, 0.1) is 17.2 Å². The van der Waals surface area contributed by atoms with Crippen molar-refractivity contribution in [3.8, 4) is 0 Å². The monoisotopic (exact) mass is 258 g/mol. The standard InChI is InChI=1S/C13H14N4O2/c1-9-3-2-4-11(16-9)8-15-10-5-6-13(17(18)19)12(14)7-10/h2-7,15H,8,14H2,1H3. The summed E-state index contributed by atoms with van der Waals surface area (Å²) in [5, 5.41) is 13.8. The first-order valence-electron chi connectivity index (χ1n) is 5.76. The molecule has 1 aromatic carbocycles. The van der Waals surface area contributed by atoms with Gasteiger partial charge in [-0.1, -0.05) is 6.07 Å². The highest BCUT2D eigenvalue weighted by molar-refractivity contribution is 5.65. The second-order valence-corrected chi connectivity index (χ2v) is 4.15. The second-order valence-electron chi connectivity index (χ2n) is 4.15. The lowest BCUT2D eigenvalue weighted by molar-refractivity contribution is -0.383. The molecule has 0 fully saturated rings. The van der Waals surface area contributed by atoms with Crippen molar-refractivity contribution >= 4 is 17.1 Å². The minimum absolute atomic E-state index is 0.0840. The molecule has 0 saturated carbocycles. The highest BCUT2D eigenvalue weighted by Gasteiger charge is 2.10. The molecular formula is C13H14N4O2. The first kappa shape index (κ1) is 12.8. The highest BCUT2D eigenvalue weighted by atomic mass is 16.6. The number of aryl methyl sites for hydroxylation is 1. The summed E-state index contributed by atoms with van der Waals surface area (Å²) in [5.41, 5.74) is 8.25. The van der Waals surface area contributed by atoms with Gasteiger partial charge in [-0.2, -0.15) is 0 Å². The fourth-order valence-corrected chi connectivity index (χ4v) is 1.72. The van der Waals surface area contributed by atoms with Crippen molar-refractivity contribution in [1.29, 1.82) is 0 Å². The Hall–Kier alpha value is -2.63. The molecule has 0 saturated heterocycles. The first-order valence-corrected chi connectivity index (χ1v) is 5.76. The van der Waals surface area contributed by atoms with Crippen LogP contribution in [0.5, 0.6) is 0 Å². The number of aromatic nitrogens is 1. The predicted molar refractivity (Wildman–Crippen MR) is 73.8 cm³/mol. The molecule has 0 aliphatic heterocycles. The Balaban J connectivity index is 2.08. The summed E-state index contributed by atoms with van der Waals surface area (Å²) in [6.45, 7) is 2.46. The van der Waals surface area contributed by atoms with Gasteiger partial charge in [-0.3, -0.25) is 15.1 Å². The Kier molecular flexibility index (Phi) is 3.61. The van der Waals surface area contributed by atoms with Crippen molar-refractivity contribution in [3.63, 3.8) is 0 Å². The SMILES string of the molecule is Cc1cccc(CNc2ccc([N+](=O)[O-])c(N)c2)n1. The average molecular weight is 258 g/mol. The quantitative estimate of drug-likeness (QED) is 0.499. The lowest BCUT2D eigenvalue weighted by atomic mass is 10.2. The second kappa shape index (κ2) is 5.34. The number of nitrogen functional groups attached to an aromatic ring is 1. The zero-order valence-corrected chi connectivity index (χ0v) is 10.5. The van der Waals surface area contributed by atoms with Crippen molar-refractivity contribution < 1.29 is 4.92 Å². The number of pyridine rings is 1. The van der Waals surface area contributed by atoms with Gasteiger partial charge < -0.3 is 11.1 Å². The summed E-state index contributed by atoms with van der Waals surface area (Å²) < 4.78 is 0. The molecule has 2 aromatic rings. The number of hydrogen-bond donors (Lipinski definition) is 2. The van der Waals surface area contributed by atoms with E-state index in [-0.39, 0.29) is 11.4 Å². The number of nitrogens with two attached hydrogens (primary N) is 1. The molecule has 0 radical (unpaired) electrons. The van der Waals surface area contributed by atoms with Crippen LogP contribution in [0.25, 0.3) is 0 Å². The number of rotatable bonds is 4. The molecule has 19 heavy (non-hydrogen) atoms. The number of benzene rings is 1. The van der Waals surface area contributed by atoms with Crippen LogP contribution in [0.2, 0.25) is 0 Å². The Morgan fingerprint density at radius 2 is 2.16 bits per heavy atom. The third kappa shape index (κ3) is 3.19. The van der Waals surface area contributed by atoms with Gasteiger partial charge in [0.25, 0.3) is 5.69 Å². The highest BCUT2D eigenvalue weighted by Crippen LogP contribution is 2.24. The summed E-state index contributed by atoms with van der Waals surface area (Å²) in [4.78, 5) is 14.5. The molecule has 1 heterocycles. The van der Waals surface area contributed by atoms with Crippen LogP contribution >= 0.6 is 0 Å². The summed E-state index contributed by atoms with van der Waals surface area (Å²) in [6, 6.07) is 10.3.